The minimum Gasteiger partial charge on any atom is -0.347 e. The van der Waals surface area contributed by atoms with Crippen LogP contribution in [-0.4, -0.2) is 39.1 Å². The lowest BCUT2D eigenvalue weighted by Gasteiger charge is -2.16. The second kappa shape index (κ2) is 5.68. The van der Waals surface area contributed by atoms with Crippen molar-refractivity contribution in [3.63, 3.8) is 0 Å². The quantitative estimate of drug-likeness (QED) is 0.853. The third kappa shape index (κ3) is 2.70. The summed E-state index contributed by atoms with van der Waals surface area (Å²) in [7, 11) is 1.75. The third-order valence-corrected chi connectivity index (χ3v) is 3.20. The zero-order valence-corrected chi connectivity index (χ0v) is 11.1. The molecule has 0 aromatic carbocycles. The van der Waals surface area contributed by atoms with Gasteiger partial charge in [0.05, 0.1) is 12.1 Å². The van der Waals surface area contributed by atoms with Crippen LogP contribution in [0.3, 0.4) is 0 Å². The number of thioether (sulfide) groups is 1. The number of hydrogen-bond acceptors (Lipinski definition) is 4. The minimum absolute atomic E-state index is 0.0520. The van der Waals surface area contributed by atoms with E-state index in [4.69, 9.17) is 0 Å². The van der Waals surface area contributed by atoms with Crippen molar-refractivity contribution >= 4 is 17.7 Å². The van der Waals surface area contributed by atoms with Crippen LogP contribution in [0.2, 0.25) is 0 Å². The molecule has 1 N–H and O–H groups in total. The average molecular weight is 262 g/mol. The fourth-order valence-corrected chi connectivity index (χ4v) is 2.14. The molecule has 0 spiro atoms. The summed E-state index contributed by atoms with van der Waals surface area (Å²) in [6.45, 7) is 0.453. The molecule has 2 aromatic heterocycles. The van der Waals surface area contributed by atoms with Crippen molar-refractivity contribution in [2.24, 2.45) is 0 Å². The van der Waals surface area contributed by atoms with E-state index < -0.39 is 0 Å². The van der Waals surface area contributed by atoms with Crippen molar-refractivity contribution in [1.29, 1.82) is 0 Å². The van der Waals surface area contributed by atoms with Crippen LogP contribution in [0.1, 0.15) is 16.2 Å². The Morgan fingerprint density at radius 2 is 2.28 bits per heavy atom. The molecule has 0 saturated carbocycles. The Bertz CT molecular complexity index is 527. The van der Waals surface area contributed by atoms with Gasteiger partial charge in [-0.3, -0.25) is 4.79 Å². The summed E-state index contributed by atoms with van der Waals surface area (Å²) >= 11 is 1.47. The molecule has 2 rings (SSSR count). The molecule has 94 valence electrons. The van der Waals surface area contributed by atoms with E-state index in [1.807, 2.05) is 6.26 Å². The van der Waals surface area contributed by atoms with Crippen LogP contribution in [0.25, 0.3) is 0 Å². The van der Waals surface area contributed by atoms with Crippen molar-refractivity contribution in [1.82, 2.24) is 19.9 Å². The van der Waals surface area contributed by atoms with Crippen LogP contribution in [-0.2, 0) is 6.54 Å². The minimum atomic E-state index is -0.0520. The van der Waals surface area contributed by atoms with Gasteiger partial charge in [-0.2, -0.15) is 0 Å². The first-order valence-electron chi connectivity index (χ1n) is 5.45. The number of carbonyl (C=O) groups excluding carboxylic acids is 1. The molecule has 2 aromatic rings. The molecule has 0 saturated heterocycles. The van der Waals surface area contributed by atoms with E-state index in [-0.39, 0.29) is 5.91 Å². The third-order valence-electron chi connectivity index (χ3n) is 2.48. The number of pyridine rings is 1. The molecule has 18 heavy (non-hydrogen) atoms. The van der Waals surface area contributed by atoms with Gasteiger partial charge in [0.25, 0.3) is 5.91 Å². The van der Waals surface area contributed by atoms with Crippen molar-refractivity contribution in [2.75, 3.05) is 13.3 Å². The SMILES string of the molecule is CSc1ncccc1C(=O)N(C)Cc1ncc[nH]1. The topological polar surface area (TPSA) is 61.9 Å². The molecule has 0 fully saturated rings. The smallest absolute Gasteiger partial charge is 0.256 e. The molecule has 0 aliphatic rings. The maximum atomic E-state index is 12.3. The molecule has 6 heteroatoms. The molecule has 0 radical (unpaired) electrons. The highest BCUT2D eigenvalue weighted by atomic mass is 32.2. The van der Waals surface area contributed by atoms with Gasteiger partial charge in [-0.05, 0) is 18.4 Å². The van der Waals surface area contributed by atoms with E-state index in [0.717, 1.165) is 10.9 Å². The number of nitrogens with one attached hydrogen (secondary N) is 1. The molecule has 0 bridgehead atoms. The summed E-state index contributed by atoms with van der Waals surface area (Å²) in [4.78, 5) is 25.2. The van der Waals surface area contributed by atoms with Gasteiger partial charge in [0, 0.05) is 25.6 Å². The molecule has 0 aliphatic carbocycles. The Morgan fingerprint density at radius 3 is 2.94 bits per heavy atom. The van der Waals surface area contributed by atoms with Gasteiger partial charge in [0.1, 0.15) is 10.9 Å². The Morgan fingerprint density at radius 1 is 1.44 bits per heavy atom. The highest BCUT2D eigenvalue weighted by Gasteiger charge is 2.16. The largest absolute Gasteiger partial charge is 0.347 e. The van der Waals surface area contributed by atoms with Gasteiger partial charge in [0.2, 0.25) is 0 Å². The lowest BCUT2D eigenvalue weighted by atomic mass is 10.2. The summed E-state index contributed by atoms with van der Waals surface area (Å²) in [5.41, 5.74) is 0.624. The van der Waals surface area contributed by atoms with E-state index in [9.17, 15) is 4.79 Å². The normalized spacial score (nSPS) is 10.3. The summed E-state index contributed by atoms with van der Waals surface area (Å²) in [5, 5.41) is 0.744. The first-order valence-corrected chi connectivity index (χ1v) is 6.67. The lowest BCUT2D eigenvalue weighted by molar-refractivity contribution is 0.0777. The summed E-state index contributed by atoms with van der Waals surface area (Å²) in [6, 6.07) is 3.56. The molecule has 0 aliphatic heterocycles. The van der Waals surface area contributed by atoms with E-state index in [2.05, 4.69) is 15.0 Å². The second-order valence-electron chi connectivity index (χ2n) is 3.76. The molecule has 2 heterocycles. The lowest BCUT2D eigenvalue weighted by Crippen LogP contribution is -2.27. The van der Waals surface area contributed by atoms with Crippen molar-refractivity contribution in [2.45, 2.75) is 11.6 Å². The van der Waals surface area contributed by atoms with Crippen molar-refractivity contribution in [3.8, 4) is 0 Å². The maximum absolute atomic E-state index is 12.3. The Kier molecular flexibility index (Phi) is 3.99. The molecule has 5 nitrogen and oxygen atoms in total. The number of H-pyrrole nitrogens is 1. The zero-order valence-electron chi connectivity index (χ0n) is 10.3. The Hall–Kier alpha value is -1.82. The summed E-state index contributed by atoms with van der Waals surface area (Å²) in [6.07, 6.45) is 7.01. The van der Waals surface area contributed by atoms with Gasteiger partial charge < -0.3 is 9.88 Å². The Balaban J connectivity index is 2.15. The van der Waals surface area contributed by atoms with Crippen LogP contribution in [0, 0.1) is 0 Å². The molecule has 1 amide bonds. The first kappa shape index (κ1) is 12.6. The Labute approximate surface area is 110 Å². The first-order chi connectivity index (χ1) is 8.72. The van der Waals surface area contributed by atoms with Crippen molar-refractivity contribution in [3.05, 3.63) is 42.1 Å². The fourth-order valence-electron chi connectivity index (χ4n) is 1.60. The highest BCUT2D eigenvalue weighted by Crippen LogP contribution is 2.18. The number of aromatic amines is 1. The van der Waals surface area contributed by atoms with Crippen LogP contribution < -0.4 is 0 Å². The highest BCUT2D eigenvalue weighted by molar-refractivity contribution is 7.98. The number of carbonyl (C=O) groups is 1. The summed E-state index contributed by atoms with van der Waals surface area (Å²) in [5.74, 6) is 0.712. The zero-order chi connectivity index (χ0) is 13.0. The molecular formula is C12H14N4OS. The van der Waals surface area contributed by atoms with Gasteiger partial charge in [-0.1, -0.05) is 0 Å². The van der Waals surface area contributed by atoms with E-state index >= 15 is 0 Å². The van der Waals surface area contributed by atoms with Gasteiger partial charge >= 0.3 is 0 Å². The number of hydrogen-bond donors (Lipinski definition) is 1. The average Bonchev–Trinajstić information content (AvgIpc) is 2.90. The predicted molar refractivity (Wildman–Crippen MR) is 70.4 cm³/mol. The number of rotatable bonds is 4. The van der Waals surface area contributed by atoms with Gasteiger partial charge in [0.15, 0.2) is 0 Å². The van der Waals surface area contributed by atoms with Gasteiger partial charge in [-0.25, -0.2) is 9.97 Å². The number of amides is 1. The van der Waals surface area contributed by atoms with Crippen LogP contribution in [0.4, 0.5) is 0 Å². The van der Waals surface area contributed by atoms with Crippen LogP contribution >= 0.6 is 11.8 Å². The fraction of sp³-hybridized carbons (Fsp3) is 0.250. The maximum Gasteiger partial charge on any atom is 0.256 e. The molecule has 0 atom stereocenters. The van der Waals surface area contributed by atoms with E-state index in [1.165, 1.54) is 11.8 Å². The number of aromatic nitrogens is 3. The van der Waals surface area contributed by atoms with E-state index in [0.29, 0.717) is 12.1 Å². The monoisotopic (exact) mass is 262 g/mol. The van der Waals surface area contributed by atoms with E-state index in [1.54, 1.807) is 42.7 Å². The van der Waals surface area contributed by atoms with Crippen LogP contribution in [0.15, 0.2) is 35.7 Å². The number of nitrogens with zero attached hydrogens (tertiary/aromatic N) is 3. The standard InChI is InChI=1S/C12H14N4OS/c1-16(8-10-13-6-7-14-10)12(17)9-4-3-5-15-11(9)18-2/h3-7H,8H2,1-2H3,(H,13,14). The predicted octanol–water partition coefficient (Wildman–Crippen LogP) is 1.80. The molecule has 0 unspecified atom stereocenters. The van der Waals surface area contributed by atoms with Crippen molar-refractivity contribution < 1.29 is 4.79 Å². The number of imidazole rings is 1. The van der Waals surface area contributed by atoms with Gasteiger partial charge in [-0.15, -0.1) is 11.8 Å². The summed E-state index contributed by atoms with van der Waals surface area (Å²) < 4.78 is 0. The molecular weight excluding hydrogens is 248 g/mol. The van der Waals surface area contributed by atoms with Crippen LogP contribution in [0.5, 0.6) is 0 Å². The second-order valence-corrected chi connectivity index (χ2v) is 4.55.